The molecule has 0 aromatic carbocycles. The molecule has 4 heteroatoms. The third-order valence-corrected chi connectivity index (χ3v) is 3.23. The topological polar surface area (TPSA) is 27.1 Å². The molecule has 0 saturated carbocycles. The quantitative estimate of drug-likeness (QED) is 0.739. The first-order valence-corrected chi connectivity index (χ1v) is 8.23. The van der Waals surface area contributed by atoms with E-state index in [2.05, 4.69) is 50.5 Å². The maximum Gasteiger partial charge on any atom is 0.171 e. The molecule has 0 unspecified atom stereocenters. The molecule has 0 atom stereocenters. The predicted octanol–water partition coefficient (Wildman–Crippen LogP) is 2.22. The Hall–Kier alpha value is -0.613. The molecule has 1 heterocycles. The van der Waals surface area contributed by atoms with E-state index in [1.54, 1.807) is 0 Å². The number of aromatic nitrogens is 2. The summed E-state index contributed by atoms with van der Waals surface area (Å²) in [5.41, 5.74) is 1.40. The van der Waals surface area contributed by atoms with Crippen molar-refractivity contribution in [3.8, 4) is 0 Å². The van der Waals surface area contributed by atoms with Gasteiger partial charge < -0.3 is 8.99 Å². The van der Waals surface area contributed by atoms with Crippen LogP contribution in [0.1, 0.15) is 32.3 Å². The van der Waals surface area contributed by atoms with Crippen molar-refractivity contribution in [1.82, 2.24) is 9.55 Å². The lowest BCUT2D eigenvalue weighted by Gasteiger charge is -2.19. The molecule has 0 aliphatic carbocycles. The van der Waals surface area contributed by atoms with E-state index in [-0.39, 0.29) is 5.41 Å². The molecule has 0 saturated heterocycles. The lowest BCUT2D eigenvalue weighted by atomic mass is 9.93. The molecular weight excluding hydrogens is 204 g/mol. The molecule has 0 aliphatic heterocycles. The fourth-order valence-electron chi connectivity index (χ4n) is 1.52. The first-order valence-electron chi connectivity index (χ1n) is 5.45. The summed E-state index contributed by atoms with van der Waals surface area (Å²) in [5, 5.41) is 0. The van der Waals surface area contributed by atoms with Gasteiger partial charge in [0.25, 0.3) is 0 Å². The fourth-order valence-corrected chi connectivity index (χ4v) is 2.00. The highest BCUT2D eigenvalue weighted by molar-refractivity contribution is 6.48. The Kier molecular flexibility index (Phi) is 3.73. The summed E-state index contributed by atoms with van der Waals surface area (Å²) in [6.45, 7) is 11.6. The molecule has 0 aliphatic rings. The zero-order chi connectivity index (χ0) is 11.6. The van der Waals surface area contributed by atoms with Crippen molar-refractivity contribution in [3.63, 3.8) is 0 Å². The minimum atomic E-state index is -0.947. The standard InChI is InChI=1S/C11H22N2OSi/c1-11(2,3)9-7-12-10(13(9)4)8-14-15(5)6/h7,15H,8H2,1-6H3. The van der Waals surface area contributed by atoms with E-state index < -0.39 is 9.04 Å². The second-order valence-corrected chi connectivity index (χ2v) is 7.66. The molecular formula is C11H22N2OSi. The minimum Gasteiger partial charge on any atom is -0.413 e. The van der Waals surface area contributed by atoms with Crippen LogP contribution < -0.4 is 0 Å². The Morgan fingerprint density at radius 1 is 1.40 bits per heavy atom. The Morgan fingerprint density at radius 3 is 2.40 bits per heavy atom. The molecule has 0 fully saturated rings. The summed E-state index contributed by atoms with van der Waals surface area (Å²) in [7, 11) is 1.12. The summed E-state index contributed by atoms with van der Waals surface area (Å²) >= 11 is 0. The highest BCUT2D eigenvalue weighted by Gasteiger charge is 2.19. The van der Waals surface area contributed by atoms with Gasteiger partial charge in [0.05, 0.1) is 6.61 Å². The third-order valence-electron chi connectivity index (χ3n) is 2.40. The van der Waals surface area contributed by atoms with Crippen LogP contribution in [0.4, 0.5) is 0 Å². The minimum absolute atomic E-state index is 0.148. The average molecular weight is 226 g/mol. The van der Waals surface area contributed by atoms with Crippen LogP contribution in [0.25, 0.3) is 0 Å². The van der Waals surface area contributed by atoms with Gasteiger partial charge in [-0.2, -0.15) is 0 Å². The van der Waals surface area contributed by atoms with Gasteiger partial charge in [0.1, 0.15) is 5.82 Å². The van der Waals surface area contributed by atoms with Crippen molar-refractivity contribution in [2.45, 2.75) is 45.9 Å². The predicted molar refractivity (Wildman–Crippen MR) is 65.6 cm³/mol. The van der Waals surface area contributed by atoms with Gasteiger partial charge >= 0.3 is 0 Å². The molecule has 0 spiro atoms. The van der Waals surface area contributed by atoms with Gasteiger partial charge in [0.15, 0.2) is 9.04 Å². The zero-order valence-electron chi connectivity index (χ0n) is 10.7. The molecule has 0 bridgehead atoms. The van der Waals surface area contributed by atoms with Crippen LogP contribution in [0.5, 0.6) is 0 Å². The molecule has 0 amide bonds. The Balaban J connectivity index is 2.81. The van der Waals surface area contributed by atoms with Gasteiger partial charge in [-0.1, -0.05) is 20.8 Å². The van der Waals surface area contributed by atoms with Gasteiger partial charge in [-0.15, -0.1) is 0 Å². The smallest absolute Gasteiger partial charge is 0.171 e. The van der Waals surface area contributed by atoms with Crippen LogP contribution in [-0.2, 0) is 23.5 Å². The van der Waals surface area contributed by atoms with Crippen molar-refractivity contribution in [1.29, 1.82) is 0 Å². The van der Waals surface area contributed by atoms with Crippen LogP contribution in [0.3, 0.4) is 0 Å². The van der Waals surface area contributed by atoms with Gasteiger partial charge in [-0.05, 0) is 13.1 Å². The van der Waals surface area contributed by atoms with Crippen LogP contribution >= 0.6 is 0 Å². The van der Waals surface area contributed by atoms with Gasteiger partial charge in [-0.25, -0.2) is 4.98 Å². The lowest BCUT2D eigenvalue weighted by Crippen LogP contribution is -2.17. The molecule has 1 aromatic rings. The Labute approximate surface area is 94.2 Å². The lowest BCUT2D eigenvalue weighted by molar-refractivity contribution is 0.297. The normalized spacial score (nSPS) is 12.5. The maximum absolute atomic E-state index is 5.69. The highest BCUT2D eigenvalue weighted by Crippen LogP contribution is 2.22. The summed E-state index contributed by atoms with van der Waals surface area (Å²) in [4.78, 5) is 4.41. The first-order chi connectivity index (χ1) is 6.82. The number of nitrogens with zero attached hydrogens (tertiary/aromatic N) is 2. The van der Waals surface area contributed by atoms with E-state index in [0.717, 1.165) is 5.82 Å². The number of rotatable bonds is 3. The maximum atomic E-state index is 5.69. The molecule has 3 nitrogen and oxygen atoms in total. The van der Waals surface area contributed by atoms with Gasteiger partial charge in [0, 0.05) is 24.4 Å². The second-order valence-electron chi connectivity index (χ2n) is 5.23. The largest absolute Gasteiger partial charge is 0.413 e. The molecule has 0 N–H and O–H groups in total. The second kappa shape index (κ2) is 4.49. The number of imidazole rings is 1. The molecule has 1 rings (SSSR count). The summed E-state index contributed by atoms with van der Waals surface area (Å²) in [6.07, 6.45) is 1.96. The van der Waals surface area contributed by atoms with Crippen LogP contribution in [0.2, 0.25) is 13.1 Å². The van der Waals surface area contributed by atoms with E-state index in [1.165, 1.54) is 5.69 Å². The number of hydrogen-bond acceptors (Lipinski definition) is 2. The van der Waals surface area contributed by atoms with Crippen molar-refractivity contribution in [3.05, 3.63) is 17.7 Å². The van der Waals surface area contributed by atoms with Crippen molar-refractivity contribution in [2.24, 2.45) is 7.05 Å². The molecule has 86 valence electrons. The number of hydrogen-bond donors (Lipinski definition) is 0. The first kappa shape index (κ1) is 12.5. The zero-order valence-corrected chi connectivity index (χ0v) is 11.8. The third kappa shape index (κ3) is 3.17. The van der Waals surface area contributed by atoms with Crippen LogP contribution in [0, 0.1) is 0 Å². The SMILES string of the molecule is Cn1c(C(C)(C)C)cnc1CO[SiH](C)C. The van der Waals surface area contributed by atoms with Gasteiger partial charge in [0.2, 0.25) is 0 Å². The van der Waals surface area contributed by atoms with Crippen molar-refractivity contribution in [2.75, 3.05) is 0 Å². The van der Waals surface area contributed by atoms with E-state index in [4.69, 9.17) is 4.43 Å². The monoisotopic (exact) mass is 226 g/mol. The van der Waals surface area contributed by atoms with Crippen LogP contribution in [0.15, 0.2) is 6.20 Å². The summed E-state index contributed by atoms with van der Waals surface area (Å²) in [5.74, 6) is 1.03. The average Bonchev–Trinajstić information content (AvgIpc) is 2.42. The molecule has 15 heavy (non-hydrogen) atoms. The Morgan fingerprint density at radius 2 is 2.00 bits per heavy atom. The molecule has 1 aromatic heterocycles. The van der Waals surface area contributed by atoms with Crippen molar-refractivity contribution < 1.29 is 4.43 Å². The summed E-state index contributed by atoms with van der Waals surface area (Å²) < 4.78 is 7.84. The van der Waals surface area contributed by atoms with Gasteiger partial charge in [-0.3, -0.25) is 0 Å². The highest BCUT2D eigenvalue weighted by atomic mass is 28.3. The summed E-state index contributed by atoms with van der Waals surface area (Å²) in [6, 6.07) is 0. The van der Waals surface area contributed by atoms with E-state index in [1.807, 2.05) is 6.20 Å². The van der Waals surface area contributed by atoms with E-state index >= 15 is 0 Å². The van der Waals surface area contributed by atoms with Crippen LogP contribution in [-0.4, -0.2) is 18.6 Å². The van der Waals surface area contributed by atoms with E-state index in [0.29, 0.717) is 6.61 Å². The van der Waals surface area contributed by atoms with Crippen molar-refractivity contribution >= 4 is 9.04 Å². The molecule has 0 radical (unpaired) electrons. The fraction of sp³-hybridized carbons (Fsp3) is 0.727. The Bertz CT molecular complexity index is 326. The van der Waals surface area contributed by atoms with E-state index in [9.17, 15) is 0 Å².